The zero-order valence-corrected chi connectivity index (χ0v) is 15.9. The minimum absolute atomic E-state index is 0.216. The maximum absolute atomic E-state index is 10.5. The number of rotatable bonds is 4. The number of nitrogens with zero attached hydrogens (tertiary/aromatic N) is 3. The van der Waals surface area contributed by atoms with Crippen molar-refractivity contribution in [1.29, 1.82) is 0 Å². The maximum Gasteiger partial charge on any atom is 0.165 e. The monoisotopic (exact) mass is 363 g/mol. The Labute approximate surface area is 159 Å². The van der Waals surface area contributed by atoms with Crippen molar-refractivity contribution in [2.45, 2.75) is 26.9 Å². The molecule has 4 rings (SSSR count). The van der Waals surface area contributed by atoms with Gasteiger partial charge in [-0.05, 0) is 43.2 Å². The maximum atomic E-state index is 10.5. The number of ether oxygens (including phenoxy) is 1. The Morgan fingerprint density at radius 3 is 2.59 bits per heavy atom. The van der Waals surface area contributed by atoms with Crippen LogP contribution in [0.2, 0.25) is 0 Å². The zero-order chi connectivity index (χ0) is 18.8. The van der Waals surface area contributed by atoms with Gasteiger partial charge in [-0.15, -0.1) is 0 Å². The lowest BCUT2D eigenvalue weighted by molar-refractivity contribution is 0.214. The third-order valence-electron chi connectivity index (χ3n) is 5.14. The molecule has 0 spiro atoms. The van der Waals surface area contributed by atoms with Crippen LogP contribution >= 0.6 is 0 Å². The third-order valence-corrected chi connectivity index (χ3v) is 5.14. The molecule has 1 aliphatic heterocycles. The highest BCUT2D eigenvalue weighted by Gasteiger charge is 2.20. The molecule has 5 heteroatoms. The van der Waals surface area contributed by atoms with Crippen LogP contribution < -0.4 is 4.74 Å². The molecule has 0 fully saturated rings. The van der Waals surface area contributed by atoms with Crippen LogP contribution in [0.25, 0.3) is 11.1 Å². The normalized spacial score (nSPS) is 14.4. The molecule has 2 aromatic carbocycles. The zero-order valence-electron chi connectivity index (χ0n) is 15.9. The molecule has 140 valence electrons. The summed E-state index contributed by atoms with van der Waals surface area (Å²) in [4.78, 5) is 2.35. The molecule has 3 aromatic rings. The van der Waals surface area contributed by atoms with Crippen LogP contribution in [0.5, 0.6) is 11.5 Å². The molecule has 0 saturated heterocycles. The van der Waals surface area contributed by atoms with Gasteiger partial charge in [0.05, 0.1) is 6.54 Å². The molecule has 1 aromatic heterocycles. The first kappa shape index (κ1) is 17.6. The second-order valence-corrected chi connectivity index (χ2v) is 7.17. The van der Waals surface area contributed by atoms with Gasteiger partial charge >= 0.3 is 0 Å². The van der Waals surface area contributed by atoms with Gasteiger partial charge < -0.3 is 9.84 Å². The number of phenols is 1. The largest absolute Gasteiger partial charge is 0.504 e. The number of aryl methyl sites for hydroxylation is 2. The molecule has 5 nitrogen and oxygen atoms in total. The SMILES string of the molecule is Cc1ccc(-c2cc(O)c3c(c2)CN(CCn2nccc2C)CCO3)cc1. The average Bonchev–Trinajstić information content (AvgIpc) is 2.94. The number of benzene rings is 2. The first-order valence-electron chi connectivity index (χ1n) is 9.36. The summed E-state index contributed by atoms with van der Waals surface area (Å²) in [5.41, 5.74) is 5.53. The van der Waals surface area contributed by atoms with E-state index in [9.17, 15) is 5.11 Å². The predicted octanol–water partition coefficient (Wildman–Crippen LogP) is 3.77. The van der Waals surface area contributed by atoms with Crippen LogP contribution in [-0.2, 0) is 13.1 Å². The van der Waals surface area contributed by atoms with Crippen LogP contribution in [0.3, 0.4) is 0 Å². The Balaban J connectivity index is 1.57. The summed E-state index contributed by atoms with van der Waals surface area (Å²) in [6.45, 7) is 8.03. The quantitative estimate of drug-likeness (QED) is 0.767. The van der Waals surface area contributed by atoms with Crippen molar-refractivity contribution in [3.8, 4) is 22.6 Å². The molecule has 0 radical (unpaired) electrons. The van der Waals surface area contributed by atoms with Gasteiger partial charge in [0.2, 0.25) is 0 Å². The summed E-state index contributed by atoms with van der Waals surface area (Å²) in [5, 5.41) is 14.9. The molecule has 27 heavy (non-hydrogen) atoms. The minimum Gasteiger partial charge on any atom is -0.504 e. The van der Waals surface area contributed by atoms with E-state index in [-0.39, 0.29) is 5.75 Å². The van der Waals surface area contributed by atoms with Gasteiger partial charge in [-0.3, -0.25) is 9.58 Å². The number of aromatic hydroxyl groups is 1. The number of fused-ring (bicyclic) bond motifs is 1. The molecule has 0 amide bonds. The summed E-state index contributed by atoms with van der Waals surface area (Å²) < 4.78 is 7.89. The molecule has 0 bridgehead atoms. The van der Waals surface area contributed by atoms with Gasteiger partial charge in [0.1, 0.15) is 6.61 Å². The minimum atomic E-state index is 0.216. The molecular formula is C22H25N3O2. The number of hydrogen-bond acceptors (Lipinski definition) is 4. The van der Waals surface area contributed by atoms with Crippen LogP contribution in [0, 0.1) is 13.8 Å². The molecule has 0 atom stereocenters. The van der Waals surface area contributed by atoms with Gasteiger partial charge in [0.15, 0.2) is 11.5 Å². The highest BCUT2D eigenvalue weighted by Crippen LogP contribution is 2.37. The standard InChI is InChI=1S/C22H25N3O2/c1-16-3-5-18(6-4-16)19-13-20-15-24(9-10-25-17(2)7-8-23-25)11-12-27-22(20)21(26)14-19/h3-8,13-14,26H,9-12,15H2,1-2H3. The Bertz CT molecular complexity index is 931. The first-order chi connectivity index (χ1) is 13.1. The lowest BCUT2D eigenvalue weighted by atomic mass is 10.0. The van der Waals surface area contributed by atoms with Crippen molar-refractivity contribution in [1.82, 2.24) is 14.7 Å². The van der Waals surface area contributed by atoms with Crippen molar-refractivity contribution in [2.24, 2.45) is 0 Å². The van der Waals surface area contributed by atoms with Gasteiger partial charge in [-0.1, -0.05) is 29.8 Å². The summed E-state index contributed by atoms with van der Waals surface area (Å²) >= 11 is 0. The van der Waals surface area contributed by atoms with Crippen LogP contribution in [0.4, 0.5) is 0 Å². The topological polar surface area (TPSA) is 50.5 Å². The highest BCUT2D eigenvalue weighted by molar-refractivity contribution is 5.69. The molecule has 0 saturated carbocycles. The fourth-order valence-corrected chi connectivity index (χ4v) is 3.53. The van der Waals surface area contributed by atoms with Gasteiger partial charge in [0, 0.05) is 37.1 Å². The van der Waals surface area contributed by atoms with E-state index in [1.54, 1.807) is 6.07 Å². The fourth-order valence-electron chi connectivity index (χ4n) is 3.53. The molecule has 1 N–H and O–H groups in total. The second kappa shape index (κ2) is 7.45. The summed E-state index contributed by atoms with van der Waals surface area (Å²) in [7, 11) is 0. The first-order valence-corrected chi connectivity index (χ1v) is 9.36. The second-order valence-electron chi connectivity index (χ2n) is 7.17. The number of hydrogen-bond donors (Lipinski definition) is 1. The van der Waals surface area contributed by atoms with E-state index in [0.717, 1.165) is 42.9 Å². The van der Waals surface area contributed by atoms with E-state index in [1.165, 1.54) is 11.3 Å². The van der Waals surface area contributed by atoms with E-state index in [2.05, 4.69) is 54.2 Å². The molecular weight excluding hydrogens is 338 g/mol. The Kier molecular flexibility index (Phi) is 4.86. The van der Waals surface area contributed by atoms with Gasteiger partial charge in [0.25, 0.3) is 0 Å². The summed E-state index contributed by atoms with van der Waals surface area (Å²) in [6.07, 6.45) is 1.84. The van der Waals surface area contributed by atoms with Crippen molar-refractivity contribution >= 4 is 0 Å². The van der Waals surface area contributed by atoms with Crippen LogP contribution in [0.15, 0.2) is 48.7 Å². The van der Waals surface area contributed by atoms with E-state index >= 15 is 0 Å². The van der Waals surface area contributed by atoms with E-state index in [0.29, 0.717) is 12.4 Å². The lowest BCUT2D eigenvalue weighted by Gasteiger charge is -2.20. The predicted molar refractivity (Wildman–Crippen MR) is 106 cm³/mol. The molecule has 0 unspecified atom stereocenters. The van der Waals surface area contributed by atoms with E-state index < -0.39 is 0 Å². The van der Waals surface area contributed by atoms with E-state index in [1.807, 2.05) is 16.9 Å². The van der Waals surface area contributed by atoms with Crippen molar-refractivity contribution in [3.05, 3.63) is 65.5 Å². The van der Waals surface area contributed by atoms with Crippen molar-refractivity contribution in [3.63, 3.8) is 0 Å². The van der Waals surface area contributed by atoms with Crippen LogP contribution in [-0.4, -0.2) is 39.5 Å². The number of phenolic OH excluding ortho intramolecular Hbond substituents is 1. The molecule has 0 aliphatic carbocycles. The Morgan fingerprint density at radius 2 is 1.85 bits per heavy atom. The van der Waals surface area contributed by atoms with E-state index in [4.69, 9.17) is 4.74 Å². The third kappa shape index (κ3) is 3.83. The van der Waals surface area contributed by atoms with Gasteiger partial charge in [-0.25, -0.2) is 0 Å². The fraction of sp³-hybridized carbons (Fsp3) is 0.318. The number of aromatic nitrogens is 2. The smallest absolute Gasteiger partial charge is 0.165 e. The summed E-state index contributed by atoms with van der Waals surface area (Å²) in [5.74, 6) is 0.830. The Morgan fingerprint density at radius 1 is 1.04 bits per heavy atom. The van der Waals surface area contributed by atoms with Gasteiger partial charge in [-0.2, -0.15) is 5.10 Å². The van der Waals surface area contributed by atoms with Crippen LogP contribution in [0.1, 0.15) is 16.8 Å². The molecule has 2 heterocycles. The van der Waals surface area contributed by atoms with Crippen molar-refractivity contribution in [2.75, 3.05) is 19.7 Å². The Hall–Kier alpha value is -2.79. The average molecular weight is 363 g/mol. The highest BCUT2D eigenvalue weighted by atomic mass is 16.5. The molecule has 1 aliphatic rings. The summed E-state index contributed by atoms with van der Waals surface area (Å²) in [6, 6.07) is 14.3. The lowest BCUT2D eigenvalue weighted by Crippen LogP contribution is -2.29. The van der Waals surface area contributed by atoms with Crippen molar-refractivity contribution < 1.29 is 9.84 Å².